The Morgan fingerprint density at radius 3 is 3.13 bits per heavy atom. The zero-order valence-electron chi connectivity index (χ0n) is 7.86. The van der Waals surface area contributed by atoms with E-state index in [2.05, 4.69) is 25.9 Å². The largest absolute Gasteiger partial charge is 0.460 e. The Balaban J connectivity index is 2.49. The van der Waals surface area contributed by atoms with Gasteiger partial charge in [-0.1, -0.05) is 0 Å². The number of thiophene rings is 1. The molecule has 0 aliphatic rings. The Morgan fingerprint density at radius 1 is 1.60 bits per heavy atom. The number of carbonyl (C=O) groups is 1. The third-order valence-corrected chi connectivity index (χ3v) is 3.15. The number of carbonyl (C=O) groups excluding carboxylic acids is 1. The number of hydrogen-bond donors (Lipinski definition) is 0. The summed E-state index contributed by atoms with van der Waals surface area (Å²) in [5, 5.41) is 2.81. The van der Waals surface area contributed by atoms with Gasteiger partial charge in [-0.3, -0.25) is 0 Å². The maximum Gasteiger partial charge on any atom is 0.376 e. The van der Waals surface area contributed by atoms with Crippen molar-refractivity contribution in [2.75, 3.05) is 6.61 Å². The van der Waals surface area contributed by atoms with E-state index in [1.807, 2.05) is 11.4 Å². The number of esters is 1. The Kier molecular flexibility index (Phi) is 2.97. The number of hydrogen-bond acceptors (Lipinski definition) is 5. The van der Waals surface area contributed by atoms with Gasteiger partial charge in [0.1, 0.15) is 9.43 Å². The highest BCUT2D eigenvalue weighted by molar-refractivity contribution is 9.10. The molecular formula is C9H7BrN2O2S. The maximum atomic E-state index is 11.4. The molecule has 15 heavy (non-hydrogen) atoms. The molecule has 0 amide bonds. The minimum Gasteiger partial charge on any atom is -0.460 e. The molecule has 0 aliphatic carbocycles. The van der Waals surface area contributed by atoms with Gasteiger partial charge in [0.15, 0.2) is 0 Å². The second-order valence-electron chi connectivity index (χ2n) is 2.70. The monoisotopic (exact) mass is 286 g/mol. The summed E-state index contributed by atoms with van der Waals surface area (Å²) in [4.78, 5) is 20.3. The smallest absolute Gasteiger partial charge is 0.376 e. The van der Waals surface area contributed by atoms with E-state index in [0.29, 0.717) is 11.2 Å². The van der Waals surface area contributed by atoms with Gasteiger partial charge in [0.05, 0.1) is 6.61 Å². The molecule has 0 atom stereocenters. The van der Waals surface area contributed by atoms with Crippen LogP contribution in [0.15, 0.2) is 16.0 Å². The van der Waals surface area contributed by atoms with Gasteiger partial charge < -0.3 is 4.74 Å². The molecule has 0 radical (unpaired) electrons. The molecular weight excluding hydrogens is 280 g/mol. The van der Waals surface area contributed by atoms with Crippen LogP contribution < -0.4 is 0 Å². The first-order valence-corrected chi connectivity index (χ1v) is 5.97. The van der Waals surface area contributed by atoms with E-state index in [9.17, 15) is 4.79 Å². The quantitative estimate of drug-likeness (QED) is 0.629. The van der Waals surface area contributed by atoms with Crippen LogP contribution in [0.2, 0.25) is 0 Å². The van der Waals surface area contributed by atoms with Crippen LogP contribution in [-0.2, 0) is 4.74 Å². The van der Waals surface area contributed by atoms with Crippen LogP contribution in [0.3, 0.4) is 0 Å². The number of ether oxygens (including phenoxy) is 1. The van der Waals surface area contributed by atoms with Gasteiger partial charge in [-0.25, -0.2) is 14.8 Å². The summed E-state index contributed by atoms with van der Waals surface area (Å²) in [5.74, 6) is -0.396. The topological polar surface area (TPSA) is 52.1 Å². The van der Waals surface area contributed by atoms with E-state index in [-0.39, 0.29) is 5.82 Å². The molecule has 78 valence electrons. The lowest BCUT2D eigenvalue weighted by Gasteiger charge is -2.00. The zero-order chi connectivity index (χ0) is 10.8. The number of nitrogens with zero attached hydrogens (tertiary/aromatic N) is 2. The van der Waals surface area contributed by atoms with E-state index in [1.165, 1.54) is 11.3 Å². The molecule has 4 nitrogen and oxygen atoms in total. The molecule has 0 aliphatic heterocycles. The molecule has 6 heteroatoms. The first kappa shape index (κ1) is 10.5. The highest BCUT2D eigenvalue weighted by Crippen LogP contribution is 2.25. The van der Waals surface area contributed by atoms with Gasteiger partial charge in [0.2, 0.25) is 5.82 Å². The molecule has 0 saturated heterocycles. The van der Waals surface area contributed by atoms with Crippen molar-refractivity contribution in [3.05, 3.63) is 21.9 Å². The number of aromatic nitrogens is 2. The number of fused-ring (bicyclic) bond motifs is 1. The van der Waals surface area contributed by atoms with Crippen molar-refractivity contribution in [3.63, 3.8) is 0 Å². The summed E-state index contributed by atoms with van der Waals surface area (Å²) in [7, 11) is 0. The fourth-order valence-electron chi connectivity index (χ4n) is 1.11. The van der Waals surface area contributed by atoms with Gasteiger partial charge in [-0.2, -0.15) is 0 Å². The lowest BCUT2D eigenvalue weighted by molar-refractivity contribution is 0.0512. The molecule has 2 heterocycles. The summed E-state index contributed by atoms with van der Waals surface area (Å²) in [6, 6.07) is 1.90. The van der Waals surface area contributed by atoms with Crippen molar-refractivity contribution < 1.29 is 9.53 Å². The molecule has 2 aromatic rings. The Morgan fingerprint density at radius 2 is 2.40 bits per heavy atom. The predicted molar refractivity (Wildman–Crippen MR) is 61.1 cm³/mol. The average molecular weight is 287 g/mol. The highest BCUT2D eigenvalue weighted by Gasteiger charge is 2.14. The van der Waals surface area contributed by atoms with E-state index < -0.39 is 5.97 Å². The van der Waals surface area contributed by atoms with Crippen LogP contribution in [0, 0.1) is 0 Å². The van der Waals surface area contributed by atoms with Crippen LogP contribution in [0.4, 0.5) is 0 Å². The average Bonchev–Trinajstić information content (AvgIpc) is 2.66. The van der Waals surface area contributed by atoms with Crippen LogP contribution in [0.25, 0.3) is 10.2 Å². The van der Waals surface area contributed by atoms with Crippen LogP contribution in [-0.4, -0.2) is 22.5 Å². The van der Waals surface area contributed by atoms with E-state index in [0.717, 1.165) is 10.2 Å². The summed E-state index contributed by atoms with van der Waals surface area (Å²) in [6.07, 6.45) is 0. The third-order valence-electron chi connectivity index (χ3n) is 1.74. The fraction of sp³-hybridized carbons (Fsp3) is 0.222. The van der Waals surface area contributed by atoms with Crippen LogP contribution in [0.5, 0.6) is 0 Å². The Bertz CT molecular complexity index is 512. The van der Waals surface area contributed by atoms with Crippen molar-refractivity contribution in [2.24, 2.45) is 0 Å². The van der Waals surface area contributed by atoms with Gasteiger partial charge in [0, 0.05) is 5.39 Å². The van der Waals surface area contributed by atoms with Crippen molar-refractivity contribution in [2.45, 2.75) is 6.92 Å². The first-order chi connectivity index (χ1) is 7.22. The standard InChI is InChI=1S/C9H7BrN2O2S/c1-2-14-9(13)7-11-6(10)5-3-4-15-8(5)12-7/h3-4H,2H2,1H3. The van der Waals surface area contributed by atoms with Gasteiger partial charge >= 0.3 is 5.97 Å². The van der Waals surface area contributed by atoms with Gasteiger partial charge in [-0.15, -0.1) is 11.3 Å². The third kappa shape index (κ3) is 2.00. The predicted octanol–water partition coefficient (Wildman–Crippen LogP) is 2.63. The van der Waals surface area contributed by atoms with E-state index >= 15 is 0 Å². The van der Waals surface area contributed by atoms with Gasteiger partial charge in [0.25, 0.3) is 0 Å². The normalized spacial score (nSPS) is 10.5. The molecule has 0 saturated carbocycles. The molecule has 0 aromatic carbocycles. The van der Waals surface area contributed by atoms with Crippen molar-refractivity contribution in [1.29, 1.82) is 0 Å². The fourth-order valence-corrected chi connectivity index (χ4v) is 2.49. The highest BCUT2D eigenvalue weighted by atomic mass is 79.9. The minimum absolute atomic E-state index is 0.0960. The molecule has 0 bridgehead atoms. The van der Waals surface area contributed by atoms with Crippen molar-refractivity contribution >= 4 is 43.5 Å². The molecule has 0 fully saturated rings. The number of rotatable bonds is 2. The Labute approximate surface area is 98.4 Å². The molecule has 0 N–H and O–H groups in total. The number of halogens is 1. The SMILES string of the molecule is CCOC(=O)c1nc(Br)c2ccsc2n1. The summed E-state index contributed by atoms with van der Waals surface area (Å²) in [5.41, 5.74) is 0. The molecule has 2 rings (SSSR count). The second kappa shape index (κ2) is 4.24. The molecule has 0 spiro atoms. The molecule has 0 unspecified atom stereocenters. The Hall–Kier alpha value is -1.01. The van der Waals surface area contributed by atoms with Gasteiger partial charge in [-0.05, 0) is 34.3 Å². The lowest BCUT2D eigenvalue weighted by atomic mass is 10.4. The minimum atomic E-state index is -0.492. The zero-order valence-corrected chi connectivity index (χ0v) is 10.3. The van der Waals surface area contributed by atoms with Crippen LogP contribution >= 0.6 is 27.3 Å². The lowest BCUT2D eigenvalue weighted by Crippen LogP contribution is -2.09. The molecule has 2 aromatic heterocycles. The van der Waals surface area contributed by atoms with E-state index in [1.54, 1.807) is 6.92 Å². The van der Waals surface area contributed by atoms with E-state index in [4.69, 9.17) is 4.74 Å². The summed E-state index contributed by atoms with van der Waals surface area (Å²) in [6.45, 7) is 2.07. The van der Waals surface area contributed by atoms with Crippen molar-refractivity contribution in [3.8, 4) is 0 Å². The summed E-state index contributed by atoms with van der Waals surface area (Å²) < 4.78 is 5.45. The summed E-state index contributed by atoms with van der Waals surface area (Å²) >= 11 is 4.76. The first-order valence-electron chi connectivity index (χ1n) is 4.30. The second-order valence-corrected chi connectivity index (χ2v) is 4.34. The maximum absolute atomic E-state index is 11.4. The van der Waals surface area contributed by atoms with Crippen LogP contribution in [0.1, 0.15) is 17.5 Å². The van der Waals surface area contributed by atoms with Crippen molar-refractivity contribution in [1.82, 2.24) is 9.97 Å².